The van der Waals surface area contributed by atoms with Crippen molar-refractivity contribution in [1.29, 1.82) is 0 Å². The smallest absolute Gasteiger partial charge is 0.0848 e. The summed E-state index contributed by atoms with van der Waals surface area (Å²) in [4.78, 5) is 0. The molecule has 3 heteroatoms. The predicted octanol–water partition coefficient (Wildman–Crippen LogP) is 0.694. The summed E-state index contributed by atoms with van der Waals surface area (Å²) in [5.74, 6) is 0.669. The van der Waals surface area contributed by atoms with E-state index < -0.39 is 0 Å². The summed E-state index contributed by atoms with van der Waals surface area (Å²) in [7, 11) is 0. The van der Waals surface area contributed by atoms with Crippen molar-refractivity contribution in [3.05, 3.63) is 11.6 Å². The first-order valence-corrected chi connectivity index (χ1v) is 5.50. The zero-order valence-corrected chi connectivity index (χ0v) is 8.54. The Morgan fingerprint density at radius 3 is 3.21 bits per heavy atom. The van der Waals surface area contributed by atoms with E-state index in [1.54, 1.807) is 0 Å². The minimum Gasteiger partial charge on any atom is -0.388 e. The summed E-state index contributed by atoms with van der Waals surface area (Å²) in [6.07, 6.45) is 5.26. The Labute approximate surface area is 85.1 Å². The van der Waals surface area contributed by atoms with Gasteiger partial charge in [-0.25, -0.2) is 0 Å². The van der Waals surface area contributed by atoms with E-state index in [0.717, 1.165) is 26.2 Å². The van der Waals surface area contributed by atoms with Crippen LogP contribution in [0.4, 0.5) is 0 Å². The quantitative estimate of drug-likeness (QED) is 0.640. The van der Waals surface area contributed by atoms with Crippen molar-refractivity contribution < 1.29 is 9.84 Å². The molecule has 80 valence electrons. The molecule has 0 aromatic heterocycles. The third kappa shape index (κ3) is 2.80. The molecule has 2 atom stereocenters. The normalized spacial score (nSPS) is 33.9. The van der Waals surface area contributed by atoms with Crippen LogP contribution in [0.25, 0.3) is 0 Å². The molecular weight excluding hydrogens is 178 g/mol. The summed E-state index contributed by atoms with van der Waals surface area (Å²) in [5, 5.41) is 12.7. The van der Waals surface area contributed by atoms with Gasteiger partial charge >= 0.3 is 0 Å². The Kier molecular flexibility index (Phi) is 3.56. The molecule has 0 bridgehead atoms. The number of hydrogen-bond acceptors (Lipinski definition) is 3. The van der Waals surface area contributed by atoms with Gasteiger partial charge in [-0.2, -0.15) is 0 Å². The number of hydrogen-bond donors (Lipinski definition) is 2. The van der Waals surface area contributed by atoms with E-state index >= 15 is 0 Å². The minimum absolute atomic E-state index is 0.289. The highest BCUT2D eigenvalue weighted by Crippen LogP contribution is 2.22. The van der Waals surface area contributed by atoms with E-state index in [4.69, 9.17) is 4.74 Å². The maximum Gasteiger partial charge on any atom is 0.0848 e. The van der Waals surface area contributed by atoms with E-state index in [1.165, 1.54) is 18.4 Å². The zero-order valence-electron chi connectivity index (χ0n) is 8.54. The second-order valence-electron chi connectivity index (χ2n) is 4.31. The molecule has 0 aliphatic carbocycles. The predicted molar refractivity (Wildman–Crippen MR) is 55.1 cm³/mol. The Morgan fingerprint density at radius 2 is 2.50 bits per heavy atom. The van der Waals surface area contributed by atoms with Gasteiger partial charge in [0, 0.05) is 26.3 Å². The first-order chi connectivity index (χ1) is 6.84. The highest BCUT2D eigenvalue weighted by Gasteiger charge is 2.17. The number of β-amino-alcohol motifs (C(OH)–C–C–N with tert-alkyl or cyclic N) is 1. The average Bonchev–Trinajstić information content (AvgIpc) is 2.19. The van der Waals surface area contributed by atoms with Gasteiger partial charge in [0.05, 0.1) is 6.10 Å². The molecule has 2 aliphatic heterocycles. The van der Waals surface area contributed by atoms with Crippen molar-refractivity contribution in [2.45, 2.75) is 25.4 Å². The Bertz CT molecular complexity index is 209. The molecule has 0 spiro atoms. The van der Waals surface area contributed by atoms with Crippen molar-refractivity contribution in [2.75, 3.05) is 26.3 Å². The summed E-state index contributed by atoms with van der Waals surface area (Å²) in [6.45, 7) is 3.46. The lowest BCUT2D eigenvalue weighted by atomic mass is 9.92. The van der Waals surface area contributed by atoms with E-state index in [1.807, 2.05) is 6.08 Å². The summed E-state index contributed by atoms with van der Waals surface area (Å²) in [6, 6.07) is 0. The molecule has 0 saturated carbocycles. The van der Waals surface area contributed by atoms with Gasteiger partial charge in [-0.1, -0.05) is 11.6 Å². The number of rotatable bonds is 2. The molecule has 3 nitrogen and oxygen atoms in total. The highest BCUT2D eigenvalue weighted by atomic mass is 16.5. The van der Waals surface area contributed by atoms with Gasteiger partial charge in [-0.15, -0.1) is 0 Å². The van der Waals surface area contributed by atoms with Crippen molar-refractivity contribution in [3.8, 4) is 0 Å². The fourth-order valence-electron chi connectivity index (χ4n) is 2.25. The molecule has 2 N–H and O–H groups in total. The third-order valence-corrected chi connectivity index (χ3v) is 2.94. The highest BCUT2D eigenvalue weighted by molar-refractivity contribution is 5.12. The summed E-state index contributed by atoms with van der Waals surface area (Å²) >= 11 is 0. The Balaban J connectivity index is 1.83. The topological polar surface area (TPSA) is 41.5 Å². The molecule has 0 aromatic rings. The van der Waals surface area contributed by atoms with Crippen molar-refractivity contribution in [1.82, 2.24) is 5.32 Å². The van der Waals surface area contributed by atoms with Crippen LogP contribution in [0.5, 0.6) is 0 Å². The molecule has 2 aliphatic rings. The third-order valence-electron chi connectivity index (χ3n) is 2.94. The maximum atomic E-state index is 9.44. The fourth-order valence-corrected chi connectivity index (χ4v) is 2.25. The lowest BCUT2D eigenvalue weighted by Gasteiger charge is -2.25. The van der Waals surface area contributed by atoms with Gasteiger partial charge in [-0.3, -0.25) is 0 Å². The number of aliphatic hydroxyl groups excluding tert-OH is 1. The van der Waals surface area contributed by atoms with E-state index in [2.05, 4.69) is 5.32 Å². The monoisotopic (exact) mass is 197 g/mol. The SMILES string of the molecule is OC1C=C(CC2CCCOC2)CNC1. The average molecular weight is 197 g/mol. The van der Waals surface area contributed by atoms with E-state index in [0.29, 0.717) is 12.5 Å². The fraction of sp³-hybridized carbons (Fsp3) is 0.818. The molecule has 2 rings (SSSR count). The van der Waals surface area contributed by atoms with Gasteiger partial charge in [0.1, 0.15) is 0 Å². The molecule has 0 aromatic carbocycles. The van der Waals surface area contributed by atoms with Crippen LogP contribution in [-0.4, -0.2) is 37.5 Å². The number of aliphatic hydroxyl groups is 1. The molecule has 1 saturated heterocycles. The van der Waals surface area contributed by atoms with Gasteiger partial charge in [0.25, 0.3) is 0 Å². The van der Waals surface area contributed by atoms with Crippen LogP contribution < -0.4 is 5.32 Å². The Morgan fingerprint density at radius 1 is 1.57 bits per heavy atom. The molecule has 1 fully saturated rings. The molecule has 2 heterocycles. The molecule has 0 radical (unpaired) electrons. The van der Waals surface area contributed by atoms with Crippen LogP contribution >= 0.6 is 0 Å². The van der Waals surface area contributed by atoms with Crippen LogP contribution in [-0.2, 0) is 4.74 Å². The first kappa shape index (κ1) is 10.1. The summed E-state index contributed by atoms with van der Waals surface area (Å²) < 4.78 is 5.44. The van der Waals surface area contributed by atoms with Crippen LogP contribution in [0, 0.1) is 5.92 Å². The van der Waals surface area contributed by atoms with Crippen LogP contribution in [0.1, 0.15) is 19.3 Å². The van der Waals surface area contributed by atoms with E-state index in [9.17, 15) is 5.11 Å². The van der Waals surface area contributed by atoms with Crippen LogP contribution in [0.15, 0.2) is 11.6 Å². The van der Waals surface area contributed by atoms with Crippen molar-refractivity contribution in [3.63, 3.8) is 0 Å². The summed E-state index contributed by atoms with van der Waals surface area (Å²) in [5.41, 5.74) is 1.35. The molecule has 14 heavy (non-hydrogen) atoms. The standard InChI is InChI=1S/C11H19NO2/c13-11-5-10(6-12-7-11)4-9-2-1-3-14-8-9/h5,9,11-13H,1-4,6-8H2. The largest absolute Gasteiger partial charge is 0.388 e. The lowest BCUT2D eigenvalue weighted by Crippen LogP contribution is -2.33. The minimum atomic E-state index is -0.289. The second-order valence-corrected chi connectivity index (χ2v) is 4.31. The van der Waals surface area contributed by atoms with Crippen LogP contribution in [0.2, 0.25) is 0 Å². The van der Waals surface area contributed by atoms with E-state index in [-0.39, 0.29) is 6.10 Å². The second kappa shape index (κ2) is 4.91. The first-order valence-electron chi connectivity index (χ1n) is 5.50. The Hall–Kier alpha value is -0.380. The molecule has 2 unspecified atom stereocenters. The number of ether oxygens (including phenoxy) is 1. The molecular formula is C11H19NO2. The van der Waals surface area contributed by atoms with Gasteiger partial charge in [0.2, 0.25) is 0 Å². The van der Waals surface area contributed by atoms with Gasteiger partial charge in [-0.05, 0) is 25.2 Å². The lowest BCUT2D eigenvalue weighted by molar-refractivity contribution is 0.0544. The number of nitrogens with one attached hydrogen (secondary N) is 1. The van der Waals surface area contributed by atoms with Gasteiger partial charge in [0.15, 0.2) is 0 Å². The van der Waals surface area contributed by atoms with Crippen molar-refractivity contribution >= 4 is 0 Å². The van der Waals surface area contributed by atoms with Gasteiger partial charge < -0.3 is 15.2 Å². The molecule has 0 amide bonds. The zero-order chi connectivity index (χ0) is 9.80. The van der Waals surface area contributed by atoms with Crippen molar-refractivity contribution in [2.24, 2.45) is 5.92 Å². The van der Waals surface area contributed by atoms with Crippen LogP contribution in [0.3, 0.4) is 0 Å². The maximum absolute atomic E-state index is 9.44.